The fraction of sp³-hybridized carbons (Fsp3) is 0.214. The predicted octanol–water partition coefficient (Wildman–Crippen LogP) is 3.04. The van der Waals surface area contributed by atoms with Crippen molar-refractivity contribution >= 4 is 38.9 Å². The maximum atomic E-state index is 12.2. The van der Waals surface area contributed by atoms with Gasteiger partial charge in [0.05, 0.1) is 30.1 Å². The van der Waals surface area contributed by atoms with Crippen molar-refractivity contribution in [3.8, 4) is 11.5 Å². The molecule has 0 aliphatic heterocycles. The third-order valence-corrected chi connectivity index (χ3v) is 4.48. The van der Waals surface area contributed by atoms with E-state index in [2.05, 4.69) is 21.2 Å². The average molecular weight is 371 g/mol. The molecule has 7 heteroatoms. The number of rotatable bonds is 5. The Morgan fingerprint density at radius 3 is 2.52 bits per heavy atom. The fourth-order valence-corrected chi connectivity index (χ4v) is 3.22. The first-order valence-corrected chi connectivity index (χ1v) is 7.70. The maximum Gasteiger partial charge on any atom is 0.253 e. The van der Waals surface area contributed by atoms with Crippen LogP contribution in [0.4, 0.5) is 5.69 Å². The van der Waals surface area contributed by atoms with Crippen LogP contribution in [0.2, 0.25) is 0 Å². The van der Waals surface area contributed by atoms with Gasteiger partial charge in [-0.15, -0.1) is 11.3 Å². The molecule has 2 rings (SSSR count). The number of halogens is 1. The monoisotopic (exact) mass is 370 g/mol. The smallest absolute Gasteiger partial charge is 0.253 e. The van der Waals surface area contributed by atoms with E-state index >= 15 is 0 Å². The van der Waals surface area contributed by atoms with Crippen LogP contribution < -0.4 is 20.5 Å². The van der Waals surface area contributed by atoms with Gasteiger partial charge >= 0.3 is 0 Å². The zero-order chi connectivity index (χ0) is 15.4. The minimum atomic E-state index is -0.252. The second kappa shape index (κ2) is 6.82. The highest BCUT2D eigenvalue weighted by molar-refractivity contribution is 9.11. The summed E-state index contributed by atoms with van der Waals surface area (Å²) in [4.78, 5) is 13.3. The van der Waals surface area contributed by atoms with Gasteiger partial charge in [0.25, 0.3) is 5.91 Å². The molecule has 0 aliphatic carbocycles. The van der Waals surface area contributed by atoms with E-state index in [1.165, 1.54) is 14.2 Å². The van der Waals surface area contributed by atoms with Gasteiger partial charge in [-0.3, -0.25) is 4.79 Å². The summed E-state index contributed by atoms with van der Waals surface area (Å²) in [7, 11) is 3.03. The largest absolute Gasteiger partial charge is 0.493 e. The molecular weight excluding hydrogens is 356 g/mol. The number of hydrogen-bond acceptors (Lipinski definition) is 5. The summed E-state index contributed by atoms with van der Waals surface area (Å²) in [5.41, 5.74) is 6.60. The van der Waals surface area contributed by atoms with Crippen molar-refractivity contribution in [3.05, 3.63) is 38.5 Å². The van der Waals surface area contributed by atoms with Gasteiger partial charge in [-0.1, -0.05) is 0 Å². The van der Waals surface area contributed by atoms with Crippen LogP contribution in [0, 0.1) is 0 Å². The predicted molar refractivity (Wildman–Crippen MR) is 87.1 cm³/mol. The van der Waals surface area contributed by atoms with E-state index in [9.17, 15) is 4.79 Å². The highest BCUT2D eigenvalue weighted by Gasteiger charge is 2.15. The number of carbonyl (C=O) groups is 1. The summed E-state index contributed by atoms with van der Waals surface area (Å²) in [6.07, 6.45) is 0. The van der Waals surface area contributed by atoms with Crippen LogP contribution in [0.3, 0.4) is 0 Å². The van der Waals surface area contributed by atoms with Crippen molar-refractivity contribution in [3.63, 3.8) is 0 Å². The van der Waals surface area contributed by atoms with Gasteiger partial charge in [-0.2, -0.15) is 0 Å². The molecule has 1 amide bonds. The van der Waals surface area contributed by atoms with Crippen molar-refractivity contribution in [2.75, 3.05) is 20.0 Å². The first kappa shape index (κ1) is 15.7. The number of hydrogen-bond donors (Lipinski definition) is 2. The molecule has 1 aromatic heterocycles. The van der Waals surface area contributed by atoms with E-state index in [4.69, 9.17) is 15.2 Å². The highest BCUT2D eigenvalue weighted by Crippen LogP contribution is 2.32. The Labute approximate surface area is 135 Å². The molecule has 0 radical (unpaired) electrons. The number of amides is 1. The molecule has 5 nitrogen and oxygen atoms in total. The van der Waals surface area contributed by atoms with Crippen LogP contribution in [0.25, 0.3) is 0 Å². The van der Waals surface area contributed by atoms with E-state index in [1.54, 1.807) is 23.5 Å². The Hall–Kier alpha value is -1.73. The molecule has 0 atom stereocenters. The van der Waals surface area contributed by atoms with E-state index in [0.717, 1.165) is 8.66 Å². The Morgan fingerprint density at radius 1 is 1.29 bits per heavy atom. The lowest BCUT2D eigenvalue weighted by atomic mass is 10.1. The molecule has 0 fully saturated rings. The molecule has 2 aromatic rings. The van der Waals surface area contributed by atoms with Crippen molar-refractivity contribution in [1.82, 2.24) is 5.32 Å². The minimum Gasteiger partial charge on any atom is -0.493 e. The van der Waals surface area contributed by atoms with Gasteiger partial charge in [0, 0.05) is 16.6 Å². The average Bonchev–Trinajstić information content (AvgIpc) is 2.90. The molecular formula is C14H15BrN2O3S. The number of thiophene rings is 1. The molecule has 1 aromatic carbocycles. The summed E-state index contributed by atoms with van der Waals surface area (Å²) in [6, 6.07) is 7.05. The lowest BCUT2D eigenvalue weighted by Crippen LogP contribution is -2.23. The molecule has 1 heterocycles. The van der Waals surface area contributed by atoms with Gasteiger partial charge in [-0.05, 0) is 34.1 Å². The number of benzene rings is 1. The Morgan fingerprint density at radius 2 is 1.95 bits per heavy atom. The first-order chi connectivity index (χ1) is 10.0. The van der Waals surface area contributed by atoms with E-state index in [0.29, 0.717) is 29.3 Å². The van der Waals surface area contributed by atoms with Crippen LogP contribution in [-0.4, -0.2) is 20.1 Å². The fourth-order valence-electron chi connectivity index (χ4n) is 1.80. The van der Waals surface area contributed by atoms with Gasteiger partial charge in [0.1, 0.15) is 0 Å². The number of nitrogens with one attached hydrogen (secondary N) is 1. The number of ether oxygens (including phenoxy) is 2. The lowest BCUT2D eigenvalue weighted by molar-refractivity contribution is 0.0952. The standard InChI is InChI=1S/C14H15BrN2O3S/c1-19-11-5-9(10(16)6-12(11)20-2)14(18)17-7-8-3-4-13(15)21-8/h3-6H,7,16H2,1-2H3,(H,17,18). The zero-order valence-corrected chi connectivity index (χ0v) is 14.0. The molecule has 0 saturated heterocycles. The van der Waals surface area contributed by atoms with Crippen molar-refractivity contribution in [2.24, 2.45) is 0 Å². The molecule has 0 bridgehead atoms. The second-order valence-electron chi connectivity index (χ2n) is 4.18. The lowest BCUT2D eigenvalue weighted by Gasteiger charge is -2.12. The Bertz CT molecular complexity index is 658. The van der Waals surface area contributed by atoms with Crippen LogP contribution >= 0.6 is 27.3 Å². The Kier molecular flexibility index (Phi) is 5.08. The van der Waals surface area contributed by atoms with Crippen molar-refractivity contribution in [1.29, 1.82) is 0 Å². The maximum absolute atomic E-state index is 12.2. The van der Waals surface area contributed by atoms with Gasteiger partial charge in [0.2, 0.25) is 0 Å². The van der Waals surface area contributed by atoms with E-state index in [1.807, 2.05) is 12.1 Å². The summed E-state index contributed by atoms with van der Waals surface area (Å²) in [6.45, 7) is 0.447. The molecule has 0 spiro atoms. The molecule has 21 heavy (non-hydrogen) atoms. The van der Waals surface area contributed by atoms with Crippen LogP contribution in [-0.2, 0) is 6.54 Å². The van der Waals surface area contributed by atoms with Crippen LogP contribution in [0.5, 0.6) is 11.5 Å². The van der Waals surface area contributed by atoms with Gasteiger partial charge in [0.15, 0.2) is 11.5 Å². The summed E-state index contributed by atoms with van der Waals surface area (Å²) in [5, 5.41) is 2.83. The minimum absolute atomic E-state index is 0.252. The van der Waals surface area contributed by atoms with E-state index in [-0.39, 0.29) is 5.91 Å². The Balaban J connectivity index is 2.15. The van der Waals surface area contributed by atoms with Gasteiger partial charge < -0.3 is 20.5 Å². The zero-order valence-electron chi connectivity index (χ0n) is 11.6. The van der Waals surface area contributed by atoms with Crippen LogP contribution in [0.1, 0.15) is 15.2 Å². The normalized spacial score (nSPS) is 10.2. The molecule has 0 unspecified atom stereocenters. The number of methoxy groups -OCH3 is 2. The second-order valence-corrected chi connectivity index (χ2v) is 6.73. The van der Waals surface area contributed by atoms with E-state index < -0.39 is 0 Å². The summed E-state index contributed by atoms with van der Waals surface area (Å²) < 4.78 is 11.4. The third-order valence-electron chi connectivity index (χ3n) is 2.85. The molecule has 0 saturated carbocycles. The van der Waals surface area contributed by atoms with Crippen molar-refractivity contribution in [2.45, 2.75) is 6.54 Å². The van der Waals surface area contributed by atoms with Crippen LogP contribution in [0.15, 0.2) is 28.1 Å². The summed E-state index contributed by atoms with van der Waals surface area (Å²) >= 11 is 4.95. The SMILES string of the molecule is COc1cc(N)c(C(=O)NCc2ccc(Br)s2)cc1OC. The topological polar surface area (TPSA) is 73.6 Å². The van der Waals surface area contributed by atoms with Crippen molar-refractivity contribution < 1.29 is 14.3 Å². The third kappa shape index (κ3) is 3.68. The molecule has 112 valence electrons. The molecule has 3 N–H and O–H groups in total. The number of carbonyl (C=O) groups excluding carboxylic acids is 1. The number of nitrogen functional groups attached to an aromatic ring is 1. The first-order valence-electron chi connectivity index (χ1n) is 6.09. The number of nitrogens with two attached hydrogens (primary N) is 1. The highest BCUT2D eigenvalue weighted by atomic mass is 79.9. The quantitative estimate of drug-likeness (QED) is 0.793. The molecule has 0 aliphatic rings. The number of anilines is 1. The van der Waals surface area contributed by atoms with Gasteiger partial charge in [-0.25, -0.2) is 0 Å². The summed E-state index contributed by atoms with van der Waals surface area (Å²) in [5.74, 6) is 0.711.